The van der Waals surface area contributed by atoms with E-state index in [0.29, 0.717) is 18.7 Å². The van der Waals surface area contributed by atoms with Crippen molar-refractivity contribution in [3.05, 3.63) is 58.3 Å². The van der Waals surface area contributed by atoms with Gasteiger partial charge in [-0.25, -0.2) is 0 Å². The number of carbonyl (C=O) groups is 2. The molecule has 0 saturated carbocycles. The third-order valence-corrected chi connectivity index (χ3v) is 4.40. The number of hydrogen-bond donors (Lipinski definition) is 2. The summed E-state index contributed by atoms with van der Waals surface area (Å²) in [5.74, 6) is -0.206. The van der Waals surface area contributed by atoms with E-state index >= 15 is 0 Å². The van der Waals surface area contributed by atoms with Crippen molar-refractivity contribution in [1.82, 2.24) is 15.5 Å². The van der Waals surface area contributed by atoms with Crippen molar-refractivity contribution >= 4 is 23.2 Å². The number of nitrogens with one attached hydrogen (secondary N) is 2. The molecule has 0 aliphatic rings. The van der Waals surface area contributed by atoms with Gasteiger partial charge in [0.2, 0.25) is 5.91 Å². The molecule has 0 saturated heterocycles. The van der Waals surface area contributed by atoms with Gasteiger partial charge in [0.15, 0.2) is 0 Å². The van der Waals surface area contributed by atoms with Crippen LogP contribution in [0.3, 0.4) is 0 Å². The van der Waals surface area contributed by atoms with Crippen LogP contribution in [0.2, 0.25) is 0 Å². The lowest BCUT2D eigenvalue weighted by atomic mass is 10.1. The normalized spacial score (nSPS) is 12.0. The number of thiophene rings is 1. The zero-order chi connectivity index (χ0) is 17.4. The predicted octanol–water partition coefficient (Wildman–Crippen LogP) is 2.29. The van der Waals surface area contributed by atoms with E-state index in [2.05, 4.69) is 27.7 Å². The van der Waals surface area contributed by atoms with Gasteiger partial charge in [0.25, 0.3) is 5.91 Å². The van der Waals surface area contributed by atoms with Crippen molar-refractivity contribution < 1.29 is 9.59 Å². The van der Waals surface area contributed by atoms with Gasteiger partial charge in [-0.1, -0.05) is 30.3 Å². The summed E-state index contributed by atoms with van der Waals surface area (Å²) in [5.41, 5.74) is 1.80. The van der Waals surface area contributed by atoms with Gasteiger partial charge >= 0.3 is 0 Å². The number of nitrogens with zero attached hydrogens (tertiary/aromatic N) is 1. The zero-order valence-electron chi connectivity index (χ0n) is 14.0. The van der Waals surface area contributed by atoms with Crippen LogP contribution in [0.5, 0.6) is 0 Å². The second kappa shape index (κ2) is 9.20. The number of likely N-dealkylation sites (N-methyl/N-ethyl adjacent to an activating group) is 1. The molecule has 0 unspecified atom stereocenters. The third-order valence-electron chi connectivity index (χ3n) is 3.72. The highest BCUT2D eigenvalue weighted by Crippen LogP contribution is 2.16. The average molecular weight is 345 g/mol. The van der Waals surface area contributed by atoms with Crippen molar-refractivity contribution in [2.45, 2.75) is 12.5 Å². The Kier molecular flexibility index (Phi) is 6.96. The molecule has 2 amide bonds. The van der Waals surface area contributed by atoms with E-state index in [-0.39, 0.29) is 24.3 Å². The van der Waals surface area contributed by atoms with E-state index in [0.717, 1.165) is 5.56 Å². The van der Waals surface area contributed by atoms with E-state index < -0.39 is 0 Å². The first-order chi connectivity index (χ1) is 11.6. The predicted molar refractivity (Wildman–Crippen MR) is 97.1 cm³/mol. The molecule has 1 aromatic heterocycles. The number of benzene rings is 1. The number of hydrogen-bond acceptors (Lipinski definition) is 4. The van der Waals surface area contributed by atoms with Crippen LogP contribution in [0, 0.1) is 0 Å². The number of rotatable bonds is 8. The lowest BCUT2D eigenvalue weighted by Crippen LogP contribution is -2.36. The first-order valence-corrected chi connectivity index (χ1v) is 8.80. The first kappa shape index (κ1) is 18.2. The summed E-state index contributed by atoms with van der Waals surface area (Å²) in [7, 11) is 3.98. The van der Waals surface area contributed by atoms with Gasteiger partial charge in [-0.3, -0.25) is 9.59 Å². The van der Waals surface area contributed by atoms with Crippen LogP contribution >= 0.6 is 11.3 Å². The van der Waals surface area contributed by atoms with Gasteiger partial charge in [0, 0.05) is 30.5 Å². The van der Waals surface area contributed by atoms with Crippen LogP contribution in [0.15, 0.2) is 47.2 Å². The Morgan fingerprint density at radius 3 is 2.50 bits per heavy atom. The molecule has 0 aliphatic carbocycles. The SMILES string of the molecule is CN(C)[C@@H](CNC(=O)CCNC(=O)c1ccsc1)c1ccccc1. The summed E-state index contributed by atoms with van der Waals surface area (Å²) in [6, 6.07) is 12.0. The van der Waals surface area contributed by atoms with Crippen LogP contribution in [-0.2, 0) is 4.79 Å². The lowest BCUT2D eigenvalue weighted by Gasteiger charge is -2.25. The van der Waals surface area contributed by atoms with Crippen LogP contribution < -0.4 is 10.6 Å². The van der Waals surface area contributed by atoms with E-state index in [1.165, 1.54) is 11.3 Å². The minimum atomic E-state index is -0.139. The van der Waals surface area contributed by atoms with E-state index in [1.807, 2.05) is 37.7 Å². The fourth-order valence-corrected chi connectivity index (χ4v) is 2.99. The molecule has 0 spiro atoms. The molecule has 2 aromatic rings. The van der Waals surface area contributed by atoms with Gasteiger partial charge in [-0.05, 0) is 31.1 Å². The molecule has 24 heavy (non-hydrogen) atoms. The smallest absolute Gasteiger partial charge is 0.252 e. The van der Waals surface area contributed by atoms with Crippen molar-refractivity contribution in [3.8, 4) is 0 Å². The summed E-state index contributed by atoms with van der Waals surface area (Å²) in [4.78, 5) is 25.9. The summed E-state index contributed by atoms with van der Waals surface area (Å²) < 4.78 is 0. The monoisotopic (exact) mass is 345 g/mol. The molecule has 2 rings (SSSR count). The largest absolute Gasteiger partial charge is 0.354 e. The molecular weight excluding hydrogens is 322 g/mol. The molecule has 5 nitrogen and oxygen atoms in total. The van der Waals surface area contributed by atoms with Gasteiger partial charge in [0.1, 0.15) is 0 Å². The van der Waals surface area contributed by atoms with Crippen molar-refractivity contribution in [1.29, 1.82) is 0 Å². The molecular formula is C18H23N3O2S. The highest BCUT2D eigenvalue weighted by molar-refractivity contribution is 7.08. The van der Waals surface area contributed by atoms with Crippen molar-refractivity contribution in [3.63, 3.8) is 0 Å². The molecule has 0 aliphatic heterocycles. The van der Waals surface area contributed by atoms with Gasteiger partial charge < -0.3 is 15.5 Å². The Hall–Kier alpha value is -2.18. The fourth-order valence-electron chi connectivity index (χ4n) is 2.36. The Bertz CT molecular complexity index is 642. The highest BCUT2D eigenvalue weighted by atomic mass is 32.1. The molecule has 1 atom stereocenters. The topological polar surface area (TPSA) is 61.4 Å². The van der Waals surface area contributed by atoms with Crippen molar-refractivity contribution in [2.75, 3.05) is 27.2 Å². The van der Waals surface area contributed by atoms with E-state index in [1.54, 1.807) is 11.4 Å². The maximum atomic E-state index is 12.0. The number of amides is 2. The lowest BCUT2D eigenvalue weighted by molar-refractivity contribution is -0.121. The molecule has 6 heteroatoms. The maximum absolute atomic E-state index is 12.0. The molecule has 0 radical (unpaired) electrons. The second-order valence-corrected chi connectivity index (χ2v) is 6.49. The summed E-state index contributed by atoms with van der Waals surface area (Å²) >= 11 is 1.47. The Morgan fingerprint density at radius 2 is 1.88 bits per heavy atom. The summed E-state index contributed by atoms with van der Waals surface area (Å²) in [6.45, 7) is 0.868. The van der Waals surface area contributed by atoms with Crippen molar-refractivity contribution in [2.24, 2.45) is 0 Å². The molecule has 128 valence electrons. The number of carbonyl (C=O) groups excluding carboxylic acids is 2. The first-order valence-electron chi connectivity index (χ1n) is 7.86. The van der Waals surface area contributed by atoms with Gasteiger partial charge in [-0.2, -0.15) is 11.3 Å². The van der Waals surface area contributed by atoms with Gasteiger partial charge in [-0.15, -0.1) is 0 Å². The Balaban J connectivity index is 1.74. The third kappa shape index (κ3) is 5.47. The molecule has 1 aromatic carbocycles. The van der Waals surface area contributed by atoms with Crippen LogP contribution in [0.4, 0.5) is 0 Å². The van der Waals surface area contributed by atoms with Gasteiger partial charge in [0.05, 0.1) is 6.04 Å². The molecule has 0 bridgehead atoms. The Labute approximate surface area is 146 Å². The summed E-state index contributed by atoms with van der Waals surface area (Å²) in [5, 5.41) is 9.34. The zero-order valence-corrected chi connectivity index (χ0v) is 14.8. The fraction of sp³-hybridized carbons (Fsp3) is 0.333. The summed E-state index contributed by atoms with van der Waals surface area (Å²) in [6.07, 6.45) is 0.269. The average Bonchev–Trinajstić information content (AvgIpc) is 3.10. The minimum absolute atomic E-state index is 0.0663. The highest BCUT2D eigenvalue weighted by Gasteiger charge is 2.15. The van der Waals surface area contributed by atoms with Crippen LogP contribution in [0.25, 0.3) is 0 Å². The Morgan fingerprint density at radius 1 is 1.12 bits per heavy atom. The maximum Gasteiger partial charge on any atom is 0.252 e. The molecule has 2 N–H and O–H groups in total. The molecule has 0 fully saturated rings. The quantitative estimate of drug-likeness (QED) is 0.772. The van der Waals surface area contributed by atoms with Crippen LogP contribution in [-0.4, -0.2) is 43.9 Å². The van der Waals surface area contributed by atoms with E-state index in [4.69, 9.17) is 0 Å². The van der Waals surface area contributed by atoms with Crippen LogP contribution in [0.1, 0.15) is 28.4 Å². The second-order valence-electron chi connectivity index (χ2n) is 5.71. The molecule has 1 heterocycles. The minimum Gasteiger partial charge on any atom is -0.354 e. The standard InChI is InChI=1S/C18H23N3O2S/c1-21(2)16(14-6-4-3-5-7-14)12-20-17(22)8-10-19-18(23)15-9-11-24-13-15/h3-7,9,11,13,16H,8,10,12H2,1-2H3,(H,19,23)(H,20,22)/t16-/m0/s1. The van der Waals surface area contributed by atoms with E-state index in [9.17, 15) is 9.59 Å².